The molecule has 0 spiro atoms. The number of halogens is 1. The molecule has 4 heteroatoms. The minimum absolute atomic E-state index is 0.0915. The summed E-state index contributed by atoms with van der Waals surface area (Å²) in [6.07, 6.45) is 6.48. The third-order valence-corrected chi connectivity index (χ3v) is 3.88. The van der Waals surface area contributed by atoms with E-state index < -0.39 is 0 Å². The van der Waals surface area contributed by atoms with Crippen molar-refractivity contribution in [3.05, 3.63) is 40.4 Å². The van der Waals surface area contributed by atoms with Gasteiger partial charge in [-0.3, -0.25) is 0 Å². The number of hydrogen-bond acceptors (Lipinski definition) is 3. The molecular weight excluding hydrogens is 310 g/mol. The second kappa shape index (κ2) is 7.78. The van der Waals surface area contributed by atoms with E-state index in [4.69, 9.17) is 16.4 Å². The molecule has 0 aromatic heterocycles. The molecule has 2 rings (SSSR count). The molecule has 1 saturated carbocycles. The Labute approximate surface area is 143 Å². The van der Waals surface area contributed by atoms with Crippen molar-refractivity contribution in [1.29, 1.82) is 0 Å². The summed E-state index contributed by atoms with van der Waals surface area (Å²) in [7, 11) is 0. The monoisotopic (exact) mass is 333 g/mol. The highest BCUT2D eigenvalue weighted by Gasteiger charge is 2.19. The van der Waals surface area contributed by atoms with Crippen LogP contribution >= 0.6 is 11.6 Å². The molecule has 0 heterocycles. The fourth-order valence-electron chi connectivity index (χ4n) is 2.50. The van der Waals surface area contributed by atoms with Crippen molar-refractivity contribution in [3.63, 3.8) is 0 Å². The first-order valence-corrected chi connectivity index (χ1v) is 8.44. The standard InChI is InChI=1S/C19H24ClNO2/c1-19(2,3)13-18(22)23-21-17-7-5-4-6-15(17)12-14-8-10-16(20)11-9-14/h8-12H,4-7,13H2,1-3H3. The first-order valence-electron chi connectivity index (χ1n) is 8.07. The molecule has 0 N–H and O–H groups in total. The average Bonchev–Trinajstić information content (AvgIpc) is 2.47. The molecule has 0 unspecified atom stereocenters. The summed E-state index contributed by atoms with van der Waals surface area (Å²) < 4.78 is 0. The van der Waals surface area contributed by atoms with Gasteiger partial charge in [0.15, 0.2) is 0 Å². The molecule has 1 aromatic rings. The number of carbonyl (C=O) groups is 1. The van der Waals surface area contributed by atoms with Crippen LogP contribution in [0.15, 0.2) is 35.0 Å². The van der Waals surface area contributed by atoms with Crippen LogP contribution in [0.25, 0.3) is 6.08 Å². The normalized spacial score (nSPS) is 19.1. The maximum Gasteiger partial charge on any atom is 0.335 e. The van der Waals surface area contributed by atoms with Gasteiger partial charge in [0.1, 0.15) is 0 Å². The number of rotatable bonds is 3. The Balaban J connectivity index is 2.10. The van der Waals surface area contributed by atoms with Crippen molar-refractivity contribution in [2.24, 2.45) is 10.6 Å². The smallest absolute Gasteiger partial charge is 0.318 e. The Bertz CT molecular complexity index is 609. The lowest BCUT2D eigenvalue weighted by atomic mass is 9.91. The van der Waals surface area contributed by atoms with Crippen molar-refractivity contribution >= 4 is 29.4 Å². The molecule has 1 fully saturated rings. The van der Waals surface area contributed by atoms with Crippen LogP contribution in [0.5, 0.6) is 0 Å². The van der Waals surface area contributed by atoms with Gasteiger partial charge < -0.3 is 4.84 Å². The topological polar surface area (TPSA) is 38.7 Å². The van der Waals surface area contributed by atoms with Crippen molar-refractivity contribution in [2.45, 2.75) is 52.9 Å². The highest BCUT2D eigenvalue weighted by atomic mass is 35.5. The van der Waals surface area contributed by atoms with Gasteiger partial charge in [0, 0.05) is 5.02 Å². The Morgan fingerprint density at radius 2 is 1.87 bits per heavy atom. The third kappa shape index (κ3) is 6.19. The van der Waals surface area contributed by atoms with Crippen molar-refractivity contribution in [2.75, 3.05) is 0 Å². The SMILES string of the molecule is CC(C)(C)CC(=O)ON=C1CCCCC1=Cc1ccc(Cl)cc1. The van der Waals surface area contributed by atoms with Gasteiger partial charge in [-0.05, 0) is 60.4 Å². The quantitative estimate of drug-likeness (QED) is 0.531. The summed E-state index contributed by atoms with van der Waals surface area (Å²) in [5.41, 5.74) is 3.02. The molecular formula is C19H24ClNO2. The second-order valence-electron chi connectivity index (χ2n) is 7.17. The summed E-state index contributed by atoms with van der Waals surface area (Å²) in [5.74, 6) is -0.276. The average molecular weight is 334 g/mol. The van der Waals surface area contributed by atoms with Gasteiger partial charge in [-0.2, -0.15) is 0 Å². The van der Waals surface area contributed by atoms with Gasteiger partial charge in [-0.1, -0.05) is 49.7 Å². The maximum absolute atomic E-state index is 11.8. The van der Waals surface area contributed by atoms with Crippen LogP contribution in [-0.4, -0.2) is 11.7 Å². The van der Waals surface area contributed by atoms with E-state index in [2.05, 4.69) is 11.2 Å². The van der Waals surface area contributed by atoms with E-state index in [9.17, 15) is 4.79 Å². The van der Waals surface area contributed by atoms with E-state index in [0.29, 0.717) is 6.42 Å². The molecule has 23 heavy (non-hydrogen) atoms. The molecule has 0 bridgehead atoms. The van der Waals surface area contributed by atoms with Crippen molar-refractivity contribution in [3.8, 4) is 0 Å². The molecule has 3 nitrogen and oxygen atoms in total. The molecule has 1 aromatic carbocycles. The second-order valence-corrected chi connectivity index (χ2v) is 7.60. The number of hydrogen-bond donors (Lipinski definition) is 0. The maximum atomic E-state index is 11.8. The Morgan fingerprint density at radius 1 is 1.22 bits per heavy atom. The molecule has 0 atom stereocenters. The van der Waals surface area contributed by atoms with E-state index >= 15 is 0 Å². The van der Waals surface area contributed by atoms with Gasteiger partial charge in [0.25, 0.3) is 0 Å². The zero-order chi connectivity index (χ0) is 16.9. The van der Waals surface area contributed by atoms with Gasteiger partial charge in [-0.15, -0.1) is 0 Å². The minimum Gasteiger partial charge on any atom is -0.318 e. The van der Waals surface area contributed by atoms with Gasteiger partial charge in [-0.25, -0.2) is 4.79 Å². The molecule has 0 radical (unpaired) electrons. The van der Waals surface area contributed by atoms with Crippen LogP contribution in [-0.2, 0) is 9.63 Å². The lowest BCUT2D eigenvalue weighted by Crippen LogP contribution is -2.16. The van der Waals surface area contributed by atoms with E-state index in [1.165, 1.54) is 0 Å². The fraction of sp³-hybridized carbons (Fsp3) is 0.474. The van der Waals surface area contributed by atoms with Crippen molar-refractivity contribution < 1.29 is 9.63 Å². The number of nitrogens with zero attached hydrogens (tertiary/aromatic N) is 1. The van der Waals surface area contributed by atoms with E-state index in [1.54, 1.807) is 0 Å². The lowest BCUT2D eigenvalue weighted by Gasteiger charge is -2.18. The largest absolute Gasteiger partial charge is 0.335 e. The summed E-state index contributed by atoms with van der Waals surface area (Å²) in [6, 6.07) is 7.70. The lowest BCUT2D eigenvalue weighted by molar-refractivity contribution is -0.145. The van der Waals surface area contributed by atoms with Crippen LogP contribution < -0.4 is 0 Å². The number of oxime groups is 1. The highest BCUT2D eigenvalue weighted by molar-refractivity contribution is 6.30. The first-order chi connectivity index (χ1) is 10.8. The van der Waals surface area contributed by atoms with E-state index in [-0.39, 0.29) is 11.4 Å². The highest BCUT2D eigenvalue weighted by Crippen LogP contribution is 2.25. The van der Waals surface area contributed by atoms with Crippen LogP contribution in [0.4, 0.5) is 0 Å². The van der Waals surface area contributed by atoms with Crippen LogP contribution in [0.1, 0.15) is 58.4 Å². The first kappa shape index (κ1) is 17.7. The predicted octanol–water partition coefficient (Wildman–Crippen LogP) is 5.63. The van der Waals surface area contributed by atoms with Gasteiger partial charge >= 0.3 is 5.97 Å². The molecule has 1 aliphatic carbocycles. The van der Waals surface area contributed by atoms with Crippen LogP contribution in [0, 0.1) is 5.41 Å². The number of benzene rings is 1. The number of allylic oxidation sites excluding steroid dienone is 1. The summed E-state index contributed by atoms with van der Waals surface area (Å²) in [5, 5.41) is 4.86. The Hall–Kier alpha value is -1.61. The van der Waals surface area contributed by atoms with Crippen molar-refractivity contribution in [1.82, 2.24) is 0 Å². The Morgan fingerprint density at radius 3 is 2.52 bits per heavy atom. The number of carbonyl (C=O) groups excluding carboxylic acids is 1. The zero-order valence-electron chi connectivity index (χ0n) is 14.1. The molecule has 0 aliphatic heterocycles. The van der Waals surface area contributed by atoms with Crippen LogP contribution in [0.3, 0.4) is 0 Å². The minimum atomic E-state index is -0.276. The van der Waals surface area contributed by atoms with E-state index in [1.807, 2.05) is 45.0 Å². The molecule has 124 valence electrons. The molecule has 1 aliphatic rings. The van der Waals surface area contributed by atoms with E-state index in [0.717, 1.165) is 47.6 Å². The van der Waals surface area contributed by atoms with Crippen LogP contribution in [0.2, 0.25) is 5.02 Å². The van der Waals surface area contributed by atoms with Gasteiger partial charge in [0.05, 0.1) is 12.1 Å². The summed E-state index contributed by atoms with van der Waals surface area (Å²) >= 11 is 5.92. The molecule has 0 amide bonds. The Kier molecular flexibility index (Phi) is 6.00. The summed E-state index contributed by atoms with van der Waals surface area (Å²) in [6.45, 7) is 6.02. The van der Waals surface area contributed by atoms with Gasteiger partial charge in [0.2, 0.25) is 0 Å². The molecule has 0 saturated heterocycles. The fourth-order valence-corrected chi connectivity index (χ4v) is 2.63. The summed E-state index contributed by atoms with van der Waals surface area (Å²) in [4.78, 5) is 17.0. The predicted molar refractivity (Wildman–Crippen MR) is 95.5 cm³/mol. The zero-order valence-corrected chi connectivity index (χ0v) is 14.8. The third-order valence-electron chi connectivity index (χ3n) is 3.62.